The van der Waals surface area contributed by atoms with Gasteiger partial charge in [0.25, 0.3) is 0 Å². The Morgan fingerprint density at radius 3 is 2.50 bits per heavy atom. The second-order valence-electron chi connectivity index (χ2n) is 5.44. The predicted molar refractivity (Wildman–Crippen MR) is 84.2 cm³/mol. The number of aromatic nitrogens is 2. The van der Waals surface area contributed by atoms with Crippen molar-refractivity contribution >= 4 is 23.4 Å². The lowest BCUT2D eigenvalue weighted by atomic mass is 9.96. The first-order valence-corrected chi connectivity index (χ1v) is 7.43. The highest BCUT2D eigenvalue weighted by Crippen LogP contribution is 2.48. The average Bonchev–Trinajstić information content (AvgIpc) is 3.34. The molecular weight excluding hydrogens is 302 g/mol. The zero-order valence-electron chi connectivity index (χ0n) is 12.2. The van der Waals surface area contributed by atoms with Gasteiger partial charge in [-0.3, -0.25) is 0 Å². The molecule has 0 bridgehead atoms. The molecular formula is C16H16ClN3O2. The summed E-state index contributed by atoms with van der Waals surface area (Å²) < 4.78 is 4.60. The fourth-order valence-corrected chi connectivity index (χ4v) is 2.55. The fraction of sp³-hybridized carbons (Fsp3) is 0.312. The van der Waals surface area contributed by atoms with Crippen LogP contribution in [0, 0.1) is 0 Å². The van der Waals surface area contributed by atoms with Crippen molar-refractivity contribution in [1.82, 2.24) is 10.2 Å². The number of nitrogens with zero attached hydrogens (tertiary/aromatic N) is 2. The topological polar surface area (TPSA) is 64.1 Å². The summed E-state index contributed by atoms with van der Waals surface area (Å²) in [6.45, 7) is 0.779. The lowest BCUT2D eigenvalue weighted by Crippen LogP contribution is -2.20. The van der Waals surface area contributed by atoms with E-state index in [1.54, 1.807) is 12.1 Å². The summed E-state index contributed by atoms with van der Waals surface area (Å²) >= 11 is 5.94. The summed E-state index contributed by atoms with van der Waals surface area (Å²) in [6, 6.07) is 11.3. The Labute approximate surface area is 133 Å². The van der Waals surface area contributed by atoms with E-state index in [2.05, 4.69) is 32.4 Å². The van der Waals surface area contributed by atoms with Gasteiger partial charge in [0.1, 0.15) is 5.82 Å². The molecule has 0 atom stereocenters. The first-order chi connectivity index (χ1) is 10.6. The number of ether oxygens (including phenoxy) is 1. The van der Waals surface area contributed by atoms with Crippen molar-refractivity contribution in [2.24, 2.45) is 0 Å². The molecule has 1 heterocycles. The second-order valence-corrected chi connectivity index (χ2v) is 5.87. The molecule has 1 aromatic carbocycles. The Morgan fingerprint density at radius 2 is 1.95 bits per heavy atom. The lowest BCUT2D eigenvalue weighted by Gasteiger charge is -2.17. The molecule has 5 nitrogen and oxygen atoms in total. The molecule has 1 aliphatic rings. The highest BCUT2D eigenvalue weighted by atomic mass is 35.5. The van der Waals surface area contributed by atoms with Gasteiger partial charge in [-0.2, -0.15) is 0 Å². The van der Waals surface area contributed by atoms with E-state index >= 15 is 0 Å². The minimum absolute atomic E-state index is 0.146. The van der Waals surface area contributed by atoms with E-state index in [4.69, 9.17) is 11.6 Å². The van der Waals surface area contributed by atoms with Crippen molar-refractivity contribution < 1.29 is 9.53 Å². The summed E-state index contributed by atoms with van der Waals surface area (Å²) in [4.78, 5) is 11.3. The van der Waals surface area contributed by atoms with Gasteiger partial charge in [-0.05, 0) is 42.7 Å². The van der Waals surface area contributed by atoms with Crippen molar-refractivity contribution in [2.75, 3.05) is 19.0 Å². The molecule has 0 radical (unpaired) electrons. The number of benzene rings is 1. The van der Waals surface area contributed by atoms with Gasteiger partial charge in [0.2, 0.25) is 0 Å². The largest absolute Gasteiger partial charge is 0.464 e. The summed E-state index contributed by atoms with van der Waals surface area (Å²) in [6.07, 6.45) is 2.27. The maximum Gasteiger partial charge on any atom is 0.358 e. The number of hydrogen-bond acceptors (Lipinski definition) is 5. The van der Waals surface area contributed by atoms with Gasteiger partial charge in [-0.25, -0.2) is 4.79 Å². The molecule has 0 amide bonds. The number of hydrogen-bond donors (Lipinski definition) is 1. The van der Waals surface area contributed by atoms with Crippen LogP contribution in [0.1, 0.15) is 28.9 Å². The monoisotopic (exact) mass is 317 g/mol. The molecule has 114 valence electrons. The molecule has 2 aromatic rings. The number of carbonyl (C=O) groups is 1. The van der Waals surface area contributed by atoms with E-state index in [-0.39, 0.29) is 11.1 Å². The number of anilines is 1. The molecule has 1 aromatic heterocycles. The molecule has 1 fully saturated rings. The van der Waals surface area contributed by atoms with Gasteiger partial charge in [0.15, 0.2) is 5.69 Å². The smallest absolute Gasteiger partial charge is 0.358 e. The summed E-state index contributed by atoms with van der Waals surface area (Å²) in [5.41, 5.74) is 1.63. The van der Waals surface area contributed by atoms with Crippen LogP contribution in [-0.2, 0) is 10.2 Å². The molecule has 1 saturated carbocycles. The molecule has 3 rings (SSSR count). The third-order valence-corrected chi connectivity index (χ3v) is 4.23. The quantitative estimate of drug-likeness (QED) is 0.859. The Morgan fingerprint density at radius 1 is 1.23 bits per heavy atom. The first kappa shape index (κ1) is 14.8. The number of carbonyl (C=O) groups excluding carboxylic acids is 1. The van der Waals surface area contributed by atoms with Gasteiger partial charge in [0, 0.05) is 17.0 Å². The van der Waals surface area contributed by atoms with Crippen LogP contribution in [0.15, 0.2) is 36.4 Å². The zero-order valence-corrected chi connectivity index (χ0v) is 12.9. The van der Waals surface area contributed by atoms with E-state index in [0.717, 1.165) is 24.4 Å². The van der Waals surface area contributed by atoms with Crippen molar-refractivity contribution in [3.8, 4) is 0 Å². The van der Waals surface area contributed by atoms with Crippen LogP contribution >= 0.6 is 11.6 Å². The van der Waals surface area contributed by atoms with Crippen LogP contribution in [0.4, 0.5) is 5.82 Å². The molecule has 0 aliphatic heterocycles. The lowest BCUT2D eigenvalue weighted by molar-refractivity contribution is 0.0593. The third kappa shape index (κ3) is 3.04. The Hall–Kier alpha value is -2.14. The summed E-state index contributed by atoms with van der Waals surface area (Å²) in [5.74, 6) is 0.159. The molecule has 1 aliphatic carbocycles. The van der Waals surface area contributed by atoms with E-state index in [1.165, 1.54) is 12.7 Å². The van der Waals surface area contributed by atoms with Gasteiger partial charge in [-0.15, -0.1) is 10.2 Å². The molecule has 22 heavy (non-hydrogen) atoms. The van der Waals surface area contributed by atoms with Crippen molar-refractivity contribution in [2.45, 2.75) is 18.3 Å². The second kappa shape index (κ2) is 5.93. The van der Waals surface area contributed by atoms with Gasteiger partial charge in [-0.1, -0.05) is 23.7 Å². The van der Waals surface area contributed by atoms with Crippen molar-refractivity contribution in [3.05, 3.63) is 52.7 Å². The van der Waals surface area contributed by atoms with Crippen LogP contribution in [0.25, 0.3) is 0 Å². The van der Waals surface area contributed by atoms with E-state index in [0.29, 0.717) is 5.82 Å². The third-order valence-electron chi connectivity index (χ3n) is 3.98. The van der Waals surface area contributed by atoms with Crippen LogP contribution < -0.4 is 5.32 Å². The molecule has 6 heteroatoms. The van der Waals surface area contributed by atoms with E-state index < -0.39 is 5.97 Å². The van der Waals surface area contributed by atoms with Crippen LogP contribution in [0.3, 0.4) is 0 Å². The maximum atomic E-state index is 11.3. The Bertz CT molecular complexity index is 667. The molecule has 1 N–H and O–H groups in total. The summed E-state index contributed by atoms with van der Waals surface area (Å²) in [5, 5.41) is 11.9. The Kier molecular flexibility index (Phi) is 3.98. The van der Waals surface area contributed by atoms with E-state index in [9.17, 15) is 4.79 Å². The normalized spacial score (nSPS) is 15.2. The first-order valence-electron chi connectivity index (χ1n) is 7.05. The van der Waals surface area contributed by atoms with Crippen LogP contribution in [-0.4, -0.2) is 29.8 Å². The van der Waals surface area contributed by atoms with Crippen LogP contribution in [0.5, 0.6) is 0 Å². The predicted octanol–water partition coefficient (Wildman–Crippen LogP) is 3.06. The molecule has 0 spiro atoms. The van der Waals surface area contributed by atoms with E-state index in [1.807, 2.05) is 12.1 Å². The summed E-state index contributed by atoms with van der Waals surface area (Å²) in [7, 11) is 1.32. The minimum Gasteiger partial charge on any atom is -0.464 e. The number of nitrogens with one attached hydrogen (secondary N) is 1. The number of esters is 1. The van der Waals surface area contributed by atoms with Crippen molar-refractivity contribution in [1.29, 1.82) is 0 Å². The SMILES string of the molecule is COC(=O)c1ccc(NCC2(c3ccc(Cl)cc3)CC2)nn1. The van der Waals surface area contributed by atoms with Gasteiger partial charge < -0.3 is 10.1 Å². The highest BCUT2D eigenvalue weighted by molar-refractivity contribution is 6.30. The number of rotatable bonds is 5. The molecule has 0 saturated heterocycles. The minimum atomic E-state index is -0.487. The maximum absolute atomic E-state index is 11.3. The standard InChI is InChI=1S/C16H16ClN3O2/c1-22-15(21)13-6-7-14(20-19-13)18-10-16(8-9-16)11-2-4-12(17)5-3-11/h2-7H,8-10H2,1H3,(H,18,20). The average molecular weight is 318 g/mol. The number of methoxy groups -OCH3 is 1. The van der Waals surface area contributed by atoms with Crippen molar-refractivity contribution in [3.63, 3.8) is 0 Å². The van der Waals surface area contributed by atoms with Crippen LogP contribution in [0.2, 0.25) is 5.02 Å². The zero-order chi connectivity index (χ0) is 15.6. The van der Waals surface area contributed by atoms with Gasteiger partial charge in [0.05, 0.1) is 7.11 Å². The molecule has 0 unspecified atom stereocenters. The highest BCUT2D eigenvalue weighted by Gasteiger charge is 2.43. The number of halogens is 1. The Balaban J connectivity index is 1.65. The van der Waals surface area contributed by atoms with Gasteiger partial charge >= 0.3 is 5.97 Å². The fourth-order valence-electron chi connectivity index (χ4n) is 2.42.